The van der Waals surface area contributed by atoms with E-state index in [1.807, 2.05) is 0 Å². The maximum absolute atomic E-state index is 9.80. The summed E-state index contributed by atoms with van der Waals surface area (Å²) in [6.45, 7) is 12.7. The molecular formula is C14H30N2O3. The molecule has 1 aliphatic heterocycles. The molecule has 2 unspecified atom stereocenters. The molecule has 0 aromatic heterocycles. The molecule has 114 valence electrons. The number of nitrogens with one attached hydrogen (secondary N) is 1. The number of hydrogen-bond acceptors (Lipinski definition) is 5. The van der Waals surface area contributed by atoms with E-state index in [9.17, 15) is 5.11 Å². The Balaban J connectivity index is 2.03. The van der Waals surface area contributed by atoms with Crippen LogP contribution in [0.5, 0.6) is 0 Å². The Morgan fingerprint density at radius 3 is 2.53 bits per heavy atom. The molecule has 0 saturated carbocycles. The molecule has 0 aromatic rings. The number of morpholine rings is 1. The molecule has 1 rings (SSSR count). The van der Waals surface area contributed by atoms with Gasteiger partial charge in [-0.05, 0) is 12.8 Å². The minimum absolute atomic E-state index is 0.373. The van der Waals surface area contributed by atoms with Crippen LogP contribution in [-0.4, -0.2) is 74.8 Å². The summed E-state index contributed by atoms with van der Waals surface area (Å²) < 4.78 is 10.7. The highest BCUT2D eigenvalue weighted by atomic mass is 16.5. The minimum Gasteiger partial charge on any atom is -0.389 e. The average Bonchev–Trinajstić information content (AvgIpc) is 2.37. The molecule has 19 heavy (non-hydrogen) atoms. The van der Waals surface area contributed by atoms with Crippen LogP contribution in [0.25, 0.3) is 0 Å². The fourth-order valence-electron chi connectivity index (χ4n) is 2.07. The van der Waals surface area contributed by atoms with E-state index in [0.29, 0.717) is 31.7 Å². The lowest BCUT2D eigenvalue weighted by atomic mass is 10.2. The highest BCUT2D eigenvalue weighted by Crippen LogP contribution is 1.99. The standard InChI is InChI=1S/C14H30N2O3/c1-12(2)10-19-11-14(17)8-15-13(3)9-16-4-6-18-7-5-16/h12-15,17H,4-11H2,1-3H3. The van der Waals surface area contributed by atoms with E-state index in [1.54, 1.807) is 0 Å². The molecule has 1 heterocycles. The third-order valence-corrected chi connectivity index (χ3v) is 3.10. The number of aliphatic hydroxyl groups is 1. The fraction of sp³-hybridized carbons (Fsp3) is 1.00. The summed E-state index contributed by atoms with van der Waals surface area (Å²) in [4.78, 5) is 2.39. The van der Waals surface area contributed by atoms with Gasteiger partial charge in [0, 0.05) is 38.8 Å². The smallest absolute Gasteiger partial charge is 0.0897 e. The van der Waals surface area contributed by atoms with Crippen molar-refractivity contribution in [3.63, 3.8) is 0 Å². The van der Waals surface area contributed by atoms with Crippen molar-refractivity contribution in [2.24, 2.45) is 5.92 Å². The van der Waals surface area contributed by atoms with Crippen molar-refractivity contribution in [2.75, 3.05) is 52.6 Å². The number of hydrogen-bond donors (Lipinski definition) is 2. The van der Waals surface area contributed by atoms with Gasteiger partial charge in [-0.1, -0.05) is 13.8 Å². The Bertz CT molecular complexity index is 221. The lowest BCUT2D eigenvalue weighted by molar-refractivity contribution is 0.0206. The van der Waals surface area contributed by atoms with Crippen molar-refractivity contribution in [1.29, 1.82) is 0 Å². The maximum Gasteiger partial charge on any atom is 0.0897 e. The third-order valence-electron chi connectivity index (χ3n) is 3.10. The summed E-state index contributed by atoms with van der Waals surface area (Å²) >= 11 is 0. The monoisotopic (exact) mass is 274 g/mol. The summed E-state index contributed by atoms with van der Waals surface area (Å²) in [6.07, 6.45) is -0.425. The molecule has 1 saturated heterocycles. The van der Waals surface area contributed by atoms with E-state index < -0.39 is 6.10 Å². The van der Waals surface area contributed by atoms with E-state index >= 15 is 0 Å². The van der Waals surface area contributed by atoms with Crippen molar-refractivity contribution in [3.8, 4) is 0 Å². The summed E-state index contributed by atoms with van der Waals surface area (Å²) in [7, 11) is 0. The van der Waals surface area contributed by atoms with Crippen molar-refractivity contribution in [3.05, 3.63) is 0 Å². The van der Waals surface area contributed by atoms with Gasteiger partial charge >= 0.3 is 0 Å². The summed E-state index contributed by atoms with van der Waals surface area (Å²) in [6, 6.07) is 0.373. The summed E-state index contributed by atoms with van der Waals surface area (Å²) in [5.41, 5.74) is 0. The molecule has 0 bridgehead atoms. The van der Waals surface area contributed by atoms with E-state index in [0.717, 1.165) is 32.8 Å². The van der Waals surface area contributed by atoms with Crippen molar-refractivity contribution in [1.82, 2.24) is 10.2 Å². The van der Waals surface area contributed by atoms with E-state index in [4.69, 9.17) is 9.47 Å². The van der Waals surface area contributed by atoms with E-state index in [1.165, 1.54) is 0 Å². The summed E-state index contributed by atoms with van der Waals surface area (Å²) in [5.74, 6) is 0.514. The van der Waals surface area contributed by atoms with Gasteiger partial charge in [0.1, 0.15) is 0 Å². The molecule has 0 amide bonds. The van der Waals surface area contributed by atoms with E-state index in [-0.39, 0.29) is 0 Å². The van der Waals surface area contributed by atoms with Crippen LogP contribution in [0.1, 0.15) is 20.8 Å². The first-order valence-electron chi connectivity index (χ1n) is 7.37. The van der Waals surface area contributed by atoms with Gasteiger partial charge in [0.25, 0.3) is 0 Å². The van der Waals surface area contributed by atoms with Gasteiger partial charge in [-0.25, -0.2) is 0 Å². The number of nitrogens with zero attached hydrogens (tertiary/aromatic N) is 1. The van der Waals surface area contributed by atoms with E-state index in [2.05, 4.69) is 31.0 Å². The topological polar surface area (TPSA) is 54.0 Å². The van der Waals surface area contributed by atoms with Crippen LogP contribution in [0.3, 0.4) is 0 Å². The molecule has 5 nitrogen and oxygen atoms in total. The van der Waals surface area contributed by atoms with Crippen LogP contribution < -0.4 is 5.32 Å². The highest BCUT2D eigenvalue weighted by Gasteiger charge is 2.14. The van der Waals surface area contributed by atoms with Crippen LogP contribution in [-0.2, 0) is 9.47 Å². The predicted octanol–water partition coefficient (Wildman–Crippen LogP) is 0.330. The molecule has 1 aliphatic rings. The number of ether oxygens (including phenoxy) is 2. The largest absolute Gasteiger partial charge is 0.389 e. The zero-order valence-electron chi connectivity index (χ0n) is 12.6. The molecule has 0 spiro atoms. The van der Waals surface area contributed by atoms with Crippen LogP contribution in [0.15, 0.2) is 0 Å². The SMILES string of the molecule is CC(C)COCC(O)CNC(C)CN1CCOCC1. The Morgan fingerprint density at radius 1 is 1.21 bits per heavy atom. The zero-order chi connectivity index (χ0) is 14.1. The Morgan fingerprint density at radius 2 is 1.89 bits per heavy atom. The minimum atomic E-state index is -0.425. The lowest BCUT2D eigenvalue weighted by Gasteiger charge is -2.29. The quantitative estimate of drug-likeness (QED) is 0.635. The molecule has 2 N–H and O–H groups in total. The molecule has 0 aliphatic carbocycles. The summed E-state index contributed by atoms with van der Waals surface area (Å²) in [5, 5.41) is 13.2. The highest BCUT2D eigenvalue weighted by molar-refractivity contribution is 4.71. The number of aliphatic hydroxyl groups excluding tert-OH is 1. The van der Waals surface area contributed by atoms with Gasteiger partial charge in [0.15, 0.2) is 0 Å². The molecule has 1 fully saturated rings. The fourth-order valence-corrected chi connectivity index (χ4v) is 2.07. The van der Waals surface area contributed by atoms with Crippen molar-refractivity contribution >= 4 is 0 Å². The van der Waals surface area contributed by atoms with Gasteiger partial charge in [-0.15, -0.1) is 0 Å². The van der Waals surface area contributed by atoms with Crippen LogP contribution in [0, 0.1) is 5.92 Å². The first-order valence-corrected chi connectivity index (χ1v) is 7.37. The van der Waals surface area contributed by atoms with Gasteiger partial charge in [-0.2, -0.15) is 0 Å². The van der Waals surface area contributed by atoms with Gasteiger partial charge in [0.2, 0.25) is 0 Å². The Hall–Kier alpha value is -0.200. The van der Waals surface area contributed by atoms with Gasteiger partial charge < -0.3 is 19.9 Å². The third kappa shape index (κ3) is 8.55. The van der Waals surface area contributed by atoms with Crippen molar-refractivity contribution in [2.45, 2.75) is 32.9 Å². The van der Waals surface area contributed by atoms with Crippen LogP contribution in [0.2, 0.25) is 0 Å². The normalized spacial score (nSPS) is 20.7. The maximum atomic E-state index is 9.80. The first kappa shape index (κ1) is 16.9. The molecular weight excluding hydrogens is 244 g/mol. The lowest BCUT2D eigenvalue weighted by Crippen LogP contribution is -2.46. The molecule has 0 aromatic carbocycles. The second kappa shape index (κ2) is 9.66. The number of rotatable bonds is 9. The second-order valence-corrected chi connectivity index (χ2v) is 5.81. The molecule has 5 heteroatoms. The predicted molar refractivity (Wildman–Crippen MR) is 76.4 cm³/mol. The molecule has 2 atom stereocenters. The average molecular weight is 274 g/mol. The van der Waals surface area contributed by atoms with Gasteiger partial charge in [0.05, 0.1) is 25.9 Å². The van der Waals surface area contributed by atoms with Crippen LogP contribution >= 0.6 is 0 Å². The van der Waals surface area contributed by atoms with Gasteiger partial charge in [-0.3, -0.25) is 4.90 Å². The second-order valence-electron chi connectivity index (χ2n) is 5.81. The zero-order valence-corrected chi connectivity index (χ0v) is 12.6. The molecule has 0 radical (unpaired) electrons. The Kier molecular flexibility index (Phi) is 8.57. The van der Waals surface area contributed by atoms with Crippen molar-refractivity contribution < 1.29 is 14.6 Å². The first-order chi connectivity index (χ1) is 9.08. The Labute approximate surface area is 117 Å². The van der Waals surface area contributed by atoms with Crippen LogP contribution in [0.4, 0.5) is 0 Å².